The van der Waals surface area contributed by atoms with Crippen LogP contribution in [0.5, 0.6) is 11.5 Å². The number of nitrogens with one attached hydrogen (secondary N) is 3. The van der Waals surface area contributed by atoms with Crippen molar-refractivity contribution in [3.8, 4) is 11.5 Å². The Morgan fingerprint density at radius 1 is 1.22 bits per heavy atom. The maximum absolute atomic E-state index is 13.1. The number of ether oxygens (including phenoxy) is 2. The first kappa shape index (κ1) is 17.3. The number of para-hydroxylation sites is 1. The number of rotatable bonds is 3. The van der Waals surface area contributed by atoms with Gasteiger partial charge in [-0.05, 0) is 49.5 Å². The number of hydrogen-bond donors (Lipinski definition) is 3. The average molecular weight is 385 g/mol. The lowest BCUT2D eigenvalue weighted by Crippen LogP contribution is -2.45. The highest BCUT2D eigenvalue weighted by Crippen LogP contribution is 2.41. The number of hydrogen-bond acceptors (Lipinski definition) is 4. The molecule has 4 rings (SSSR count). The molecule has 3 N–H and O–H groups in total. The van der Waals surface area contributed by atoms with Crippen LogP contribution < -0.4 is 25.4 Å². The summed E-state index contributed by atoms with van der Waals surface area (Å²) < 4.78 is 24.1. The van der Waals surface area contributed by atoms with E-state index in [0.29, 0.717) is 33.6 Å². The van der Waals surface area contributed by atoms with Crippen molar-refractivity contribution in [3.05, 3.63) is 65.1 Å². The zero-order valence-electron chi connectivity index (χ0n) is 14.3. The third-order valence-electron chi connectivity index (χ3n) is 4.35. The number of halogens is 1. The highest BCUT2D eigenvalue weighted by atomic mass is 32.1. The van der Waals surface area contributed by atoms with Gasteiger partial charge in [0.1, 0.15) is 5.82 Å². The molecule has 0 radical (unpaired) electrons. The maximum Gasteiger partial charge on any atom is 0.255 e. The molecule has 0 fully saturated rings. The Morgan fingerprint density at radius 2 is 2.00 bits per heavy atom. The Hall–Kier alpha value is -3.13. The van der Waals surface area contributed by atoms with Crippen LogP contribution in [-0.4, -0.2) is 17.8 Å². The van der Waals surface area contributed by atoms with E-state index in [1.165, 1.54) is 24.3 Å². The van der Waals surface area contributed by atoms with E-state index in [2.05, 4.69) is 16.0 Å². The van der Waals surface area contributed by atoms with Gasteiger partial charge in [-0.1, -0.05) is 12.1 Å². The van der Waals surface area contributed by atoms with Gasteiger partial charge in [-0.3, -0.25) is 4.79 Å². The average Bonchev–Trinajstić information content (AvgIpc) is 3.11. The van der Waals surface area contributed by atoms with Crippen LogP contribution in [-0.2, 0) is 4.79 Å². The van der Waals surface area contributed by atoms with Gasteiger partial charge in [-0.2, -0.15) is 0 Å². The lowest BCUT2D eigenvalue weighted by molar-refractivity contribution is -0.113. The predicted molar refractivity (Wildman–Crippen MR) is 102 cm³/mol. The summed E-state index contributed by atoms with van der Waals surface area (Å²) in [4.78, 5) is 13.0. The summed E-state index contributed by atoms with van der Waals surface area (Å²) >= 11 is 5.27. The second-order valence-corrected chi connectivity index (χ2v) is 6.52. The van der Waals surface area contributed by atoms with Gasteiger partial charge in [-0.25, -0.2) is 4.39 Å². The fourth-order valence-electron chi connectivity index (χ4n) is 3.14. The molecule has 0 bridgehead atoms. The summed E-state index contributed by atoms with van der Waals surface area (Å²) in [5.41, 5.74) is 2.32. The fourth-order valence-corrected chi connectivity index (χ4v) is 3.41. The lowest BCUT2D eigenvalue weighted by atomic mass is 9.94. The third-order valence-corrected chi connectivity index (χ3v) is 4.57. The van der Waals surface area contributed by atoms with Crippen molar-refractivity contribution in [1.29, 1.82) is 0 Å². The van der Waals surface area contributed by atoms with Crippen LogP contribution in [0.2, 0.25) is 0 Å². The van der Waals surface area contributed by atoms with Gasteiger partial charge >= 0.3 is 0 Å². The van der Waals surface area contributed by atoms with Crippen molar-refractivity contribution in [2.45, 2.75) is 13.0 Å². The highest BCUT2D eigenvalue weighted by molar-refractivity contribution is 7.80. The van der Waals surface area contributed by atoms with Crippen molar-refractivity contribution < 1.29 is 18.7 Å². The fraction of sp³-hybridized carbons (Fsp3) is 0.158. The van der Waals surface area contributed by atoms with Gasteiger partial charge in [0.25, 0.3) is 5.91 Å². The van der Waals surface area contributed by atoms with E-state index in [9.17, 15) is 9.18 Å². The topological polar surface area (TPSA) is 71.6 Å². The van der Waals surface area contributed by atoms with Crippen LogP contribution in [0.1, 0.15) is 18.5 Å². The molecule has 2 aliphatic rings. The molecule has 138 valence electrons. The van der Waals surface area contributed by atoms with Gasteiger partial charge < -0.3 is 25.4 Å². The number of amides is 1. The van der Waals surface area contributed by atoms with Gasteiger partial charge in [0.2, 0.25) is 6.79 Å². The van der Waals surface area contributed by atoms with Crippen molar-refractivity contribution in [3.63, 3.8) is 0 Å². The van der Waals surface area contributed by atoms with E-state index in [0.717, 1.165) is 5.56 Å². The Kier molecular flexibility index (Phi) is 4.41. The van der Waals surface area contributed by atoms with E-state index in [1.54, 1.807) is 13.0 Å². The number of carbonyl (C=O) groups excluding carboxylic acids is 1. The SMILES string of the molecule is CC1=C(C(=O)Nc2ccc(F)cc2)[C@H](c2cccc3c2OCO3)NC(=S)N1. The molecule has 1 atom stereocenters. The summed E-state index contributed by atoms with van der Waals surface area (Å²) in [6.07, 6.45) is 0. The molecule has 0 spiro atoms. The second kappa shape index (κ2) is 6.88. The number of thiocarbonyl (C=S) groups is 1. The normalized spacial score (nSPS) is 18.0. The summed E-state index contributed by atoms with van der Waals surface area (Å²) in [5.74, 6) is 0.502. The second-order valence-electron chi connectivity index (χ2n) is 6.11. The molecule has 6 nitrogen and oxygen atoms in total. The monoisotopic (exact) mass is 385 g/mol. The zero-order valence-corrected chi connectivity index (χ0v) is 15.2. The van der Waals surface area contributed by atoms with Gasteiger partial charge in [0.15, 0.2) is 16.6 Å². The minimum atomic E-state index is -0.518. The van der Waals surface area contributed by atoms with Crippen LogP contribution in [0.4, 0.5) is 10.1 Å². The van der Waals surface area contributed by atoms with Crippen LogP contribution in [0.25, 0.3) is 0 Å². The van der Waals surface area contributed by atoms with E-state index in [-0.39, 0.29) is 18.5 Å². The van der Waals surface area contributed by atoms with Gasteiger partial charge in [0, 0.05) is 16.9 Å². The maximum atomic E-state index is 13.1. The Morgan fingerprint density at radius 3 is 2.78 bits per heavy atom. The summed E-state index contributed by atoms with van der Waals surface area (Å²) in [5, 5.41) is 9.31. The molecule has 0 saturated heterocycles. The van der Waals surface area contributed by atoms with Gasteiger partial charge in [0.05, 0.1) is 11.6 Å². The zero-order chi connectivity index (χ0) is 19.0. The molecular weight excluding hydrogens is 369 g/mol. The van der Waals surface area contributed by atoms with Crippen molar-refractivity contribution >= 4 is 28.9 Å². The summed E-state index contributed by atoms with van der Waals surface area (Å²) in [6.45, 7) is 1.90. The molecule has 0 aliphatic carbocycles. The lowest BCUT2D eigenvalue weighted by Gasteiger charge is -2.30. The first-order valence-corrected chi connectivity index (χ1v) is 8.67. The van der Waals surface area contributed by atoms with E-state index >= 15 is 0 Å². The molecule has 1 amide bonds. The van der Waals surface area contributed by atoms with Crippen molar-refractivity contribution in [1.82, 2.24) is 10.6 Å². The van der Waals surface area contributed by atoms with E-state index < -0.39 is 6.04 Å². The smallest absolute Gasteiger partial charge is 0.255 e. The quantitative estimate of drug-likeness (QED) is 0.706. The summed E-state index contributed by atoms with van der Waals surface area (Å²) in [6, 6.07) is 10.6. The largest absolute Gasteiger partial charge is 0.454 e. The summed E-state index contributed by atoms with van der Waals surface area (Å²) in [7, 11) is 0. The molecule has 8 heteroatoms. The van der Waals surface area contributed by atoms with Crippen LogP contribution in [0.3, 0.4) is 0 Å². The molecule has 2 aromatic rings. The Bertz CT molecular complexity index is 959. The standard InChI is InChI=1S/C19H16FN3O3S/c1-10-15(18(24)22-12-7-5-11(20)6-8-12)16(23-19(27)21-10)13-3-2-4-14-17(13)26-9-25-14/h2-8,16H,9H2,1H3,(H,22,24)(H2,21,23,27)/t16-/m0/s1. The molecule has 2 aromatic carbocycles. The number of allylic oxidation sites excluding steroid dienone is 1. The predicted octanol–water partition coefficient (Wildman–Crippen LogP) is 2.99. The van der Waals surface area contributed by atoms with Crippen molar-refractivity contribution in [2.75, 3.05) is 12.1 Å². The molecule has 0 saturated carbocycles. The van der Waals surface area contributed by atoms with Crippen LogP contribution >= 0.6 is 12.2 Å². The molecule has 0 unspecified atom stereocenters. The molecular formula is C19H16FN3O3S. The molecule has 2 heterocycles. The Labute approximate surface area is 160 Å². The Balaban J connectivity index is 1.71. The van der Waals surface area contributed by atoms with Crippen LogP contribution in [0.15, 0.2) is 53.7 Å². The van der Waals surface area contributed by atoms with E-state index in [1.807, 2.05) is 12.1 Å². The molecule has 2 aliphatic heterocycles. The minimum Gasteiger partial charge on any atom is -0.454 e. The molecule has 27 heavy (non-hydrogen) atoms. The number of carbonyl (C=O) groups is 1. The molecule has 0 aromatic heterocycles. The first-order chi connectivity index (χ1) is 13.0. The third kappa shape index (κ3) is 3.31. The van der Waals surface area contributed by atoms with Crippen LogP contribution in [0, 0.1) is 5.82 Å². The van der Waals surface area contributed by atoms with Gasteiger partial charge in [-0.15, -0.1) is 0 Å². The highest BCUT2D eigenvalue weighted by Gasteiger charge is 2.33. The van der Waals surface area contributed by atoms with E-state index in [4.69, 9.17) is 21.7 Å². The van der Waals surface area contributed by atoms with Crippen molar-refractivity contribution in [2.24, 2.45) is 0 Å². The first-order valence-electron chi connectivity index (χ1n) is 8.26. The minimum absolute atomic E-state index is 0.127. The number of anilines is 1. The number of benzene rings is 2. The number of fused-ring (bicyclic) bond motifs is 1.